The average molecular weight is 388 g/mol. The maximum atomic E-state index is 5.72. The van der Waals surface area contributed by atoms with Gasteiger partial charge in [0.2, 0.25) is 0 Å². The van der Waals surface area contributed by atoms with Gasteiger partial charge in [-0.2, -0.15) is 0 Å². The first kappa shape index (κ1) is 18.9. The molecule has 0 N–H and O–H groups in total. The lowest BCUT2D eigenvalue weighted by atomic mass is 9.93. The zero-order valence-electron chi connectivity index (χ0n) is 17.1. The van der Waals surface area contributed by atoms with Gasteiger partial charge in [-0.05, 0) is 47.2 Å². The van der Waals surface area contributed by atoms with Gasteiger partial charge in [-0.15, -0.1) is 0 Å². The summed E-state index contributed by atoms with van der Waals surface area (Å²) in [6, 6.07) is 20.3. The van der Waals surface area contributed by atoms with E-state index in [1.165, 1.54) is 0 Å². The fourth-order valence-electron chi connectivity index (χ4n) is 4.02. The van der Waals surface area contributed by atoms with Crippen molar-refractivity contribution < 1.29 is 18.9 Å². The van der Waals surface area contributed by atoms with Gasteiger partial charge in [0.1, 0.15) is 23.0 Å². The molecule has 0 spiro atoms. The maximum Gasteiger partial charge on any atom is 0.126 e. The van der Waals surface area contributed by atoms with E-state index in [4.69, 9.17) is 18.9 Å². The second-order valence-electron chi connectivity index (χ2n) is 6.78. The molecule has 0 bridgehead atoms. The molecule has 0 saturated carbocycles. The fourth-order valence-corrected chi connectivity index (χ4v) is 4.02. The molecule has 148 valence electrons. The van der Waals surface area contributed by atoms with Gasteiger partial charge in [-0.25, -0.2) is 0 Å². The van der Waals surface area contributed by atoms with Crippen LogP contribution in [0.5, 0.6) is 23.0 Å². The lowest BCUT2D eigenvalue weighted by Crippen LogP contribution is -2.00. The highest BCUT2D eigenvalue weighted by atomic mass is 16.5. The normalized spacial score (nSPS) is 10.9. The zero-order chi connectivity index (χ0) is 20.4. The maximum absolute atomic E-state index is 5.72. The Balaban J connectivity index is 1.99. The smallest absolute Gasteiger partial charge is 0.126 e. The van der Waals surface area contributed by atoms with E-state index in [1.54, 1.807) is 28.4 Å². The van der Waals surface area contributed by atoms with Gasteiger partial charge in [0.15, 0.2) is 0 Å². The summed E-state index contributed by atoms with van der Waals surface area (Å²) in [5.41, 5.74) is 2.19. The predicted octanol–water partition coefficient (Wildman–Crippen LogP) is 5.62. The highest BCUT2D eigenvalue weighted by Gasteiger charge is 2.17. The number of hydrogen-bond donors (Lipinski definition) is 0. The third-order valence-corrected chi connectivity index (χ3v) is 5.41. The Morgan fingerprint density at radius 2 is 0.862 bits per heavy atom. The van der Waals surface area contributed by atoms with E-state index >= 15 is 0 Å². The number of hydrogen-bond acceptors (Lipinski definition) is 4. The van der Waals surface area contributed by atoms with Crippen molar-refractivity contribution in [3.63, 3.8) is 0 Å². The Hall–Kier alpha value is -3.40. The van der Waals surface area contributed by atoms with Gasteiger partial charge in [-0.3, -0.25) is 0 Å². The number of fused-ring (bicyclic) bond motifs is 2. The zero-order valence-corrected chi connectivity index (χ0v) is 17.1. The quantitative estimate of drug-likeness (QED) is 0.430. The van der Waals surface area contributed by atoms with E-state index in [2.05, 4.69) is 12.1 Å². The SMILES string of the molecule is COc1ccc2c(OC)cccc2c1Cc1c(OC)ccc2c(OC)cccc12. The number of benzene rings is 4. The summed E-state index contributed by atoms with van der Waals surface area (Å²) in [6.45, 7) is 0. The molecule has 0 atom stereocenters. The molecule has 0 aliphatic heterocycles. The summed E-state index contributed by atoms with van der Waals surface area (Å²) in [7, 11) is 6.79. The van der Waals surface area contributed by atoms with Crippen LogP contribution in [0.4, 0.5) is 0 Å². The summed E-state index contributed by atoms with van der Waals surface area (Å²) >= 11 is 0. The van der Waals surface area contributed by atoms with Gasteiger partial charge < -0.3 is 18.9 Å². The summed E-state index contributed by atoms with van der Waals surface area (Å²) in [5, 5.41) is 4.32. The van der Waals surface area contributed by atoms with E-state index in [1.807, 2.05) is 48.5 Å². The minimum Gasteiger partial charge on any atom is -0.496 e. The van der Waals surface area contributed by atoms with Crippen LogP contribution in [0.25, 0.3) is 21.5 Å². The van der Waals surface area contributed by atoms with Gasteiger partial charge >= 0.3 is 0 Å². The van der Waals surface area contributed by atoms with E-state index < -0.39 is 0 Å². The highest BCUT2D eigenvalue weighted by molar-refractivity contribution is 5.96. The van der Waals surface area contributed by atoms with Crippen LogP contribution in [0, 0.1) is 0 Å². The van der Waals surface area contributed by atoms with E-state index in [9.17, 15) is 0 Å². The third-order valence-electron chi connectivity index (χ3n) is 5.41. The van der Waals surface area contributed by atoms with Crippen LogP contribution in [-0.2, 0) is 6.42 Å². The Kier molecular flexibility index (Phi) is 5.17. The van der Waals surface area contributed by atoms with Crippen LogP contribution in [0.2, 0.25) is 0 Å². The Morgan fingerprint density at radius 1 is 0.448 bits per heavy atom. The molecule has 0 heterocycles. The molecule has 4 heteroatoms. The van der Waals surface area contributed by atoms with Crippen LogP contribution in [0.1, 0.15) is 11.1 Å². The van der Waals surface area contributed by atoms with Crippen molar-refractivity contribution in [3.05, 3.63) is 71.8 Å². The van der Waals surface area contributed by atoms with Crippen molar-refractivity contribution >= 4 is 21.5 Å². The van der Waals surface area contributed by atoms with E-state index in [0.29, 0.717) is 6.42 Å². The lowest BCUT2D eigenvalue weighted by Gasteiger charge is -2.18. The van der Waals surface area contributed by atoms with Gasteiger partial charge in [0.25, 0.3) is 0 Å². The molecule has 4 aromatic rings. The molecular weight excluding hydrogens is 364 g/mol. The molecule has 0 unspecified atom stereocenters. The average Bonchev–Trinajstić information content (AvgIpc) is 2.78. The molecule has 0 fully saturated rings. The molecule has 0 aliphatic rings. The summed E-state index contributed by atoms with van der Waals surface area (Å²) in [4.78, 5) is 0. The van der Waals surface area contributed by atoms with E-state index in [-0.39, 0.29) is 0 Å². The van der Waals surface area contributed by atoms with Crippen molar-refractivity contribution in [1.82, 2.24) is 0 Å². The molecule has 0 aromatic heterocycles. The van der Waals surface area contributed by atoms with Gasteiger partial charge in [0.05, 0.1) is 28.4 Å². The minimum absolute atomic E-state index is 0.654. The van der Waals surface area contributed by atoms with Gasteiger partial charge in [0, 0.05) is 28.3 Å². The Morgan fingerprint density at radius 3 is 1.24 bits per heavy atom. The number of ether oxygens (including phenoxy) is 4. The monoisotopic (exact) mass is 388 g/mol. The minimum atomic E-state index is 0.654. The summed E-state index contributed by atoms with van der Waals surface area (Å²) < 4.78 is 22.6. The third kappa shape index (κ3) is 3.21. The van der Waals surface area contributed by atoms with Crippen molar-refractivity contribution in [3.8, 4) is 23.0 Å². The van der Waals surface area contributed by atoms with Crippen molar-refractivity contribution in [2.24, 2.45) is 0 Å². The Bertz CT molecular complexity index is 1090. The first-order valence-corrected chi connectivity index (χ1v) is 9.47. The van der Waals surface area contributed by atoms with Crippen LogP contribution in [0.15, 0.2) is 60.7 Å². The molecule has 0 aliphatic carbocycles. The molecule has 4 aromatic carbocycles. The Labute approximate surface area is 170 Å². The standard InChI is InChI=1S/C25H24O4/c1-26-22-9-5-7-16-18(22)11-13-24(28-3)20(16)15-21-17-8-6-10-23(27-2)19(17)12-14-25(21)29-4/h5-14H,15H2,1-4H3. The van der Waals surface area contributed by atoms with Crippen molar-refractivity contribution in [2.45, 2.75) is 6.42 Å². The highest BCUT2D eigenvalue weighted by Crippen LogP contribution is 2.39. The van der Waals surface area contributed by atoms with Crippen LogP contribution >= 0.6 is 0 Å². The lowest BCUT2D eigenvalue weighted by molar-refractivity contribution is 0.406. The van der Waals surface area contributed by atoms with Crippen molar-refractivity contribution in [1.29, 1.82) is 0 Å². The van der Waals surface area contributed by atoms with E-state index in [0.717, 1.165) is 55.7 Å². The second-order valence-corrected chi connectivity index (χ2v) is 6.78. The first-order valence-electron chi connectivity index (χ1n) is 9.47. The molecule has 4 nitrogen and oxygen atoms in total. The number of methoxy groups -OCH3 is 4. The predicted molar refractivity (Wildman–Crippen MR) is 117 cm³/mol. The first-order chi connectivity index (χ1) is 14.2. The van der Waals surface area contributed by atoms with Crippen molar-refractivity contribution in [2.75, 3.05) is 28.4 Å². The van der Waals surface area contributed by atoms with Crippen LogP contribution < -0.4 is 18.9 Å². The molecular formula is C25H24O4. The van der Waals surface area contributed by atoms with Crippen LogP contribution in [0.3, 0.4) is 0 Å². The largest absolute Gasteiger partial charge is 0.496 e. The summed E-state index contributed by atoms with van der Waals surface area (Å²) in [6.07, 6.45) is 0.654. The molecule has 0 radical (unpaired) electrons. The molecule has 0 amide bonds. The molecule has 4 rings (SSSR count). The topological polar surface area (TPSA) is 36.9 Å². The second kappa shape index (κ2) is 7.92. The molecule has 29 heavy (non-hydrogen) atoms. The molecule has 0 saturated heterocycles. The van der Waals surface area contributed by atoms with Crippen LogP contribution in [-0.4, -0.2) is 28.4 Å². The number of rotatable bonds is 6. The summed E-state index contributed by atoms with van der Waals surface area (Å²) in [5.74, 6) is 3.37. The van der Waals surface area contributed by atoms with Gasteiger partial charge in [-0.1, -0.05) is 24.3 Å². The fraction of sp³-hybridized carbons (Fsp3) is 0.200.